The molecule has 3 rings (SSSR count). The zero-order valence-electron chi connectivity index (χ0n) is 15.1. The fourth-order valence-corrected chi connectivity index (χ4v) is 5.48. The molecule has 0 radical (unpaired) electrons. The van der Waals surface area contributed by atoms with E-state index in [2.05, 4.69) is 0 Å². The van der Waals surface area contributed by atoms with Gasteiger partial charge in [0.15, 0.2) is 4.75 Å². The highest BCUT2D eigenvalue weighted by molar-refractivity contribution is 8.02. The molecular formula is C17H23N3O4S2. The van der Waals surface area contributed by atoms with Gasteiger partial charge in [-0.05, 0) is 26.0 Å². The molecule has 2 amide bonds. The molecule has 0 aromatic heterocycles. The van der Waals surface area contributed by atoms with Gasteiger partial charge in [-0.15, -0.1) is 0 Å². The minimum absolute atomic E-state index is 0.223. The fourth-order valence-electron chi connectivity index (χ4n) is 3.37. The molecule has 2 aliphatic rings. The molecule has 9 heteroatoms. The number of fused-ring (bicyclic) bond motifs is 1. The van der Waals surface area contributed by atoms with E-state index in [1.807, 2.05) is 31.2 Å². The van der Waals surface area contributed by atoms with E-state index in [0.29, 0.717) is 19.6 Å². The van der Waals surface area contributed by atoms with Crippen LogP contribution >= 0.6 is 11.8 Å². The minimum Gasteiger partial charge on any atom is -0.338 e. The van der Waals surface area contributed by atoms with Gasteiger partial charge >= 0.3 is 0 Å². The molecule has 2 aliphatic heterocycles. The van der Waals surface area contributed by atoms with Crippen LogP contribution in [0.5, 0.6) is 0 Å². The Hall–Kier alpha value is -1.58. The number of rotatable bonds is 3. The van der Waals surface area contributed by atoms with Gasteiger partial charge in [-0.25, -0.2) is 8.42 Å². The van der Waals surface area contributed by atoms with Gasteiger partial charge in [0, 0.05) is 37.6 Å². The highest BCUT2D eigenvalue weighted by atomic mass is 32.2. The van der Waals surface area contributed by atoms with Crippen LogP contribution < -0.4 is 4.90 Å². The zero-order valence-corrected chi connectivity index (χ0v) is 16.8. The van der Waals surface area contributed by atoms with Gasteiger partial charge < -0.3 is 9.80 Å². The third-order valence-electron chi connectivity index (χ3n) is 4.84. The van der Waals surface area contributed by atoms with Crippen LogP contribution in [-0.4, -0.2) is 73.2 Å². The Morgan fingerprint density at radius 1 is 1.19 bits per heavy atom. The molecule has 1 unspecified atom stereocenters. The summed E-state index contributed by atoms with van der Waals surface area (Å²) in [7, 11) is -3.26. The van der Waals surface area contributed by atoms with E-state index < -0.39 is 14.8 Å². The van der Waals surface area contributed by atoms with Gasteiger partial charge in [-0.1, -0.05) is 23.9 Å². The van der Waals surface area contributed by atoms with E-state index in [-0.39, 0.29) is 24.9 Å². The predicted octanol–water partition coefficient (Wildman–Crippen LogP) is 1.01. The molecule has 1 atom stereocenters. The van der Waals surface area contributed by atoms with E-state index in [0.717, 1.165) is 10.6 Å². The molecular weight excluding hydrogens is 374 g/mol. The number of thioether (sulfide) groups is 1. The average Bonchev–Trinajstić information content (AvgIpc) is 2.61. The van der Waals surface area contributed by atoms with Gasteiger partial charge in [-0.3, -0.25) is 9.59 Å². The van der Waals surface area contributed by atoms with Crippen molar-refractivity contribution in [3.8, 4) is 0 Å². The molecule has 1 fully saturated rings. The predicted molar refractivity (Wildman–Crippen MR) is 102 cm³/mol. The summed E-state index contributed by atoms with van der Waals surface area (Å²) in [6.45, 7) is 5.15. The third-order valence-corrected chi connectivity index (χ3v) is 7.47. The summed E-state index contributed by atoms with van der Waals surface area (Å²) in [6, 6.07) is 7.58. The molecule has 0 saturated carbocycles. The number of hydrogen-bond donors (Lipinski definition) is 0. The first-order valence-corrected chi connectivity index (χ1v) is 11.2. The second-order valence-corrected chi connectivity index (χ2v) is 10.0. The van der Waals surface area contributed by atoms with Crippen LogP contribution in [0.4, 0.5) is 5.69 Å². The monoisotopic (exact) mass is 397 g/mol. The van der Waals surface area contributed by atoms with E-state index in [4.69, 9.17) is 0 Å². The van der Waals surface area contributed by atoms with Crippen molar-refractivity contribution in [2.75, 3.05) is 43.9 Å². The van der Waals surface area contributed by atoms with Crippen LogP contribution in [0, 0.1) is 0 Å². The minimum atomic E-state index is -3.26. The highest BCUT2D eigenvalue weighted by Crippen LogP contribution is 2.46. The SMILES string of the molecule is CCN1C(=O)C(C)(C(=O)N2CCN(S(C)(=O)=O)CC2)Sc2ccccc21. The number of benzene rings is 1. The smallest absolute Gasteiger partial charge is 0.252 e. The van der Waals surface area contributed by atoms with Crippen LogP contribution in [0.15, 0.2) is 29.2 Å². The van der Waals surface area contributed by atoms with Gasteiger partial charge in [0.1, 0.15) is 0 Å². The number of carbonyl (C=O) groups is 2. The summed E-state index contributed by atoms with van der Waals surface area (Å²) in [5, 5.41) is 0. The lowest BCUT2D eigenvalue weighted by Crippen LogP contribution is -2.60. The van der Waals surface area contributed by atoms with E-state index in [9.17, 15) is 18.0 Å². The van der Waals surface area contributed by atoms with Crippen molar-refractivity contribution in [2.45, 2.75) is 23.5 Å². The summed E-state index contributed by atoms with van der Waals surface area (Å²) in [4.78, 5) is 30.5. The highest BCUT2D eigenvalue weighted by Gasteiger charge is 2.51. The van der Waals surface area contributed by atoms with Crippen molar-refractivity contribution in [1.82, 2.24) is 9.21 Å². The number of amides is 2. The second-order valence-electron chi connectivity index (χ2n) is 6.61. The number of hydrogen-bond acceptors (Lipinski definition) is 5. The Balaban J connectivity index is 1.84. The molecule has 26 heavy (non-hydrogen) atoms. The van der Waals surface area contributed by atoms with Crippen molar-refractivity contribution >= 4 is 39.3 Å². The van der Waals surface area contributed by atoms with Crippen molar-refractivity contribution < 1.29 is 18.0 Å². The molecule has 1 saturated heterocycles. The molecule has 142 valence electrons. The number of sulfonamides is 1. The number of carbonyl (C=O) groups excluding carboxylic acids is 2. The largest absolute Gasteiger partial charge is 0.338 e. The maximum atomic E-state index is 13.2. The van der Waals surface area contributed by atoms with Crippen molar-refractivity contribution in [3.05, 3.63) is 24.3 Å². The Bertz CT molecular complexity index is 834. The lowest BCUT2D eigenvalue weighted by Gasteiger charge is -2.42. The van der Waals surface area contributed by atoms with Gasteiger partial charge in [-0.2, -0.15) is 4.31 Å². The number of nitrogens with zero attached hydrogens (tertiary/aromatic N) is 3. The number of anilines is 1. The van der Waals surface area contributed by atoms with Gasteiger partial charge in [0.25, 0.3) is 5.91 Å². The maximum Gasteiger partial charge on any atom is 0.252 e. The molecule has 7 nitrogen and oxygen atoms in total. The first-order valence-electron chi connectivity index (χ1n) is 8.53. The summed E-state index contributed by atoms with van der Waals surface area (Å²) in [5.74, 6) is -0.479. The van der Waals surface area contributed by atoms with Crippen LogP contribution in [0.1, 0.15) is 13.8 Å². The summed E-state index contributed by atoms with van der Waals surface area (Å²) in [5.41, 5.74) is 0.831. The van der Waals surface area contributed by atoms with Crippen LogP contribution in [0.25, 0.3) is 0 Å². The molecule has 2 heterocycles. The van der Waals surface area contributed by atoms with E-state index >= 15 is 0 Å². The standard InChI is InChI=1S/C17H23N3O4S2/c1-4-20-13-7-5-6-8-14(13)25-17(2,16(20)22)15(21)18-9-11-19(12-10-18)26(3,23)24/h5-8H,4,9-12H2,1-3H3. The van der Waals surface area contributed by atoms with Crippen LogP contribution in [0.2, 0.25) is 0 Å². The van der Waals surface area contributed by atoms with Crippen LogP contribution in [0.3, 0.4) is 0 Å². The third kappa shape index (κ3) is 3.23. The first kappa shape index (κ1) is 19.2. The lowest BCUT2D eigenvalue weighted by atomic mass is 10.1. The number of piperazine rings is 1. The summed E-state index contributed by atoms with van der Waals surface area (Å²) < 4.78 is 23.4. The first-order chi connectivity index (χ1) is 12.2. The molecule has 0 aliphatic carbocycles. The Labute approximate surface area is 158 Å². The average molecular weight is 398 g/mol. The Morgan fingerprint density at radius 3 is 2.38 bits per heavy atom. The van der Waals surface area contributed by atoms with Crippen molar-refractivity contribution in [2.24, 2.45) is 0 Å². The molecule has 1 aromatic rings. The zero-order chi connectivity index (χ0) is 19.1. The normalized spacial score (nSPS) is 24.5. The van der Waals surface area contributed by atoms with Crippen molar-refractivity contribution in [3.63, 3.8) is 0 Å². The number of para-hydroxylation sites is 1. The summed E-state index contributed by atoms with van der Waals surface area (Å²) >= 11 is 1.28. The Morgan fingerprint density at radius 2 is 1.81 bits per heavy atom. The molecule has 0 bridgehead atoms. The van der Waals surface area contributed by atoms with Gasteiger partial charge in [0.2, 0.25) is 15.9 Å². The summed E-state index contributed by atoms with van der Waals surface area (Å²) in [6.07, 6.45) is 1.17. The van der Waals surface area contributed by atoms with Crippen molar-refractivity contribution in [1.29, 1.82) is 0 Å². The molecule has 1 aromatic carbocycles. The van der Waals surface area contributed by atoms with E-state index in [1.165, 1.54) is 22.3 Å². The van der Waals surface area contributed by atoms with E-state index in [1.54, 1.807) is 16.7 Å². The molecule has 0 N–H and O–H groups in total. The topological polar surface area (TPSA) is 78.0 Å². The molecule has 0 spiro atoms. The Kier molecular flexibility index (Phi) is 5.06. The lowest BCUT2D eigenvalue weighted by molar-refractivity contribution is -0.139. The fraction of sp³-hybridized carbons (Fsp3) is 0.529. The quantitative estimate of drug-likeness (QED) is 0.712. The maximum absolute atomic E-state index is 13.2. The second kappa shape index (κ2) is 6.86. The van der Waals surface area contributed by atoms with Crippen LogP contribution in [-0.2, 0) is 19.6 Å². The van der Waals surface area contributed by atoms with Gasteiger partial charge in [0.05, 0.1) is 11.9 Å².